The lowest BCUT2D eigenvalue weighted by Gasteiger charge is -1.99. The van der Waals surface area contributed by atoms with E-state index in [1.54, 1.807) is 11.7 Å². The van der Waals surface area contributed by atoms with E-state index < -0.39 is 0 Å². The lowest BCUT2D eigenvalue weighted by atomic mass is 10.2. The fraction of sp³-hybridized carbons (Fsp3) is 0.0769. The van der Waals surface area contributed by atoms with Gasteiger partial charge in [0.1, 0.15) is 12.3 Å². The Morgan fingerprint density at radius 3 is 2.95 bits per heavy atom. The Morgan fingerprint density at radius 1 is 1.45 bits per heavy atom. The van der Waals surface area contributed by atoms with Crippen LogP contribution in [0.3, 0.4) is 0 Å². The second-order valence-corrected chi connectivity index (χ2v) is 4.46. The van der Waals surface area contributed by atoms with Crippen molar-refractivity contribution < 1.29 is 14.4 Å². The summed E-state index contributed by atoms with van der Waals surface area (Å²) >= 11 is 1.18. The van der Waals surface area contributed by atoms with Crippen molar-refractivity contribution in [2.45, 2.75) is 6.61 Å². The van der Waals surface area contributed by atoms with Crippen LogP contribution in [0, 0.1) is 0 Å². The molecule has 0 aliphatic heterocycles. The van der Waals surface area contributed by atoms with E-state index in [4.69, 9.17) is 4.84 Å². The molecule has 0 saturated heterocycles. The zero-order valence-electron chi connectivity index (χ0n) is 10.3. The monoisotopic (exact) mass is 288 g/mol. The zero-order valence-corrected chi connectivity index (χ0v) is 11.1. The Morgan fingerprint density at radius 2 is 2.25 bits per heavy atom. The lowest BCUT2D eigenvalue weighted by Crippen LogP contribution is -2.05. The van der Waals surface area contributed by atoms with Crippen LogP contribution < -0.4 is 5.32 Å². The van der Waals surface area contributed by atoms with Gasteiger partial charge < -0.3 is 10.2 Å². The fourth-order valence-electron chi connectivity index (χ4n) is 1.36. The normalized spacial score (nSPS) is 10.9. The van der Waals surface area contributed by atoms with Crippen molar-refractivity contribution in [3.05, 3.63) is 47.0 Å². The number of hydrogen-bond donors (Lipinski definition) is 1. The van der Waals surface area contributed by atoms with Gasteiger partial charge in [-0.25, -0.2) is 4.98 Å². The third-order valence-corrected chi connectivity index (χ3v) is 3.03. The summed E-state index contributed by atoms with van der Waals surface area (Å²) in [5.74, 6) is 0. The summed E-state index contributed by atoms with van der Waals surface area (Å²) in [5, 5.41) is 8.05. The van der Waals surface area contributed by atoms with Crippen molar-refractivity contribution in [1.29, 1.82) is 0 Å². The summed E-state index contributed by atoms with van der Waals surface area (Å²) in [6.07, 6.45) is 2.17. The minimum atomic E-state index is -0.0452. The van der Waals surface area contributed by atoms with Crippen LogP contribution in [0.2, 0.25) is 0 Å². The minimum Gasteiger partial charge on any atom is -0.390 e. The maximum Gasteiger partial charge on any atom is 0.259 e. The van der Waals surface area contributed by atoms with Crippen molar-refractivity contribution in [2.75, 3.05) is 5.32 Å². The molecule has 6 nitrogen and oxygen atoms in total. The number of oxime groups is 1. The molecule has 0 saturated carbocycles. The first kappa shape index (κ1) is 13.9. The highest BCUT2D eigenvalue weighted by atomic mass is 32.1. The lowest BCUT2D eigenvalue weighted by molar-refractivity contribution is -0.105. The largest absolute Gasteiger partial charge is 0.390 e. The standard InChI is InChI=1S/C13H10N3O3S/c17-6-11(12-8-20-13(15-12)14-9-18)16-19-7-10-4-2-1-3-5-10/h1-5,8-9H,7H2,(H,14,15,18)/b16-11-. The number of rotatable bonds is 7. The maximum atomic E-state index is 10.9. The Labute approximate surface area is 119 Å². The van der Waals surface area contributed by atoms with Gasteiger partial charge in [0.25, 0.3) is 6.29 Å². The number of anilines is 1. The first-order valence-electron chi connectivity index (χ1n) is 5.61. The molecule has 0 spiro atoms. The second kappa shape index (κ2) is 7.15. The summed E-state index contributed by atoms with van der Waals surface area (Å²) in [4.78, 5) is 30.2. The Kier molecular flexibility index (Phi) is 4.96. The van der Waals surface area contributed by atoms with Gasteiger partial charge in [-0.05, 0) is 5.56 Å². The molecule has 1 heterocycles. The molecule has 1 aromatic carbocycles. The van der Waals surface area contributed by atoms with Crippen LogP contribution in [0.1, 0.15) is 11.3 Å². The number of nitrogens with one attached hydrogen (secondary N) is 1. The summed E-state index contributed by atoms with van der Waals surface area (Å²) in [6, 6.07) is 9.43. The molecule has 0 aliphatic carbocycles. The van der Waals surface area contributed by atoms with Crippen molar-refractivity contribution in [3.63, 3.8) is 0 Å². The molecule has 1 amide bonds. The molecule has 7 heteroatoms. The number of carbonyl (C=O) groups excluding carboxylic acids is 2. The van der Waals surface area contributed by atoms with E-state index in [0.29, 0.717) is 17.2 Å². The van der Waals surface area contributed by atoms with Crippen LogP contribution in [-0.4, -0.2) is 23.4 Å². The van der Waals surface area contributed by atoms with E-state index in [0.717, 1.165) is 5.56 Å². The van der Waals surface area contributed by atoms with Crippen LogP contribution in [0.5, 0.6) is 0 Å². The molecule has 0 bridgehead atoms. The molecular formula is C13H10N3O3S. The minimum absolute atomic E-state index is 0.0452. The smallest absolute Gasteiger partial charge is 0.259 e. The third-order valence-electron chi connectivity index (χ3n) is 2.26. The predicted molar refractivity (Wildman–Crippen MR) is 75.3 cm³/mol. The van der Waals surface area contributed by atoms with Crippen molar-refractivity contribution in [1.82, 2.24) is 4.98 Å². The van der Waals surface area contributed by atoms with E-state index in [1.165, 1.54) is 11.3 Å². The van der Waals surface area contributed by atoms with Crippen molar-refractivity contribution in [2.24, 2.45) is 5.16 Å². The maximum absolute atomic E-state index is 10.9. The molecule has 0 fully saturated rings. The Bertz CT molecular complexity index is 610. The first-order chi connectivity index (χ1) is 9.83. The number of carbonyl (C=O) groups is 1. The average molecular weight is 288 g/mol. The van der Waals surface area contributed by atoms with E-state index in [1.807, 2.05) is 30.3 Å². The van der Waals surface area contributed by atoms with E-state index in [-0.39, 0.29) is 12.3 Å². The van der Waals surface area contributed by atoms with Gasteiger partial charge in [0, 0.05) is 5.38 Å². The number of nitrogens with zero attached hydrogens (tertiary/aromatic N) is 2. The van der Waals surface area contributed by atoms with Gasteiger partial charge in [0.15, 0.2) is 10.8 Å². The third kappa shape index (κ3) is 3.72. The number of aromatic nitrogens is 1. The van der Waals surface area contributed by atoms with Crippen molar-refractivity contribution >= 4 is 34.9 Å². The molecule has 2 rings (SSSR count). The number of amides is 1. The molecule has 1 aromatic heterocycles. The highest BCUT2D eigenvalue weighted by Gasteiger charge is 2.09. The molecule has 0 unspecified atom stereocenters. The fourth-order valence-corrected chi connectivity index (χ4v) is 2.02. The molecule has 2 aromatic rings. The van der Waals surface area contributed by atoms with Gasteiger partial charge in [-0.1, -0.05) is 35.5 Å². The van der Waals surface area contributed by atoms with E-state index >= 15 is 0 Å². The van der Waals surface area contributed by atoms with Crippen LogP contribution in [0.15, 0.2) is 40.9 Å². The molecule has 0 aliphatic rings. The SMILES string of the molecule is O=[C]/C(=N/OCc1ccccc1)c1csc(NC=O)n1. The average Bonchev–Trinajstić information content (AvgIpc) is 2.94. The van der Waals surface area contributed by atoms with Crippen LogP contribution in [0.4, 0.5) is 5.13 Å². The quantitative estimate of drug-likeness (QED) is 0.478. The van der Waals surface area contributed by atoms with Gasteiger partial charge in [-0.15, -0.1) is 11.3 Å². The summed E-state index contributed by atoms with van der Waals surface area (Å²) < 4.78 is 0. The molecule has 1 N–H and O–H groups in total. The Hall–Kier alpha value is -2.54. The molecule has 20 heavy (non-hydrogen) atoms. The molecular weight excluding hydrogens is 278 g/mol. The van der Waals surface area contributed by atoms with Gasteiger partial charge >= 0.3 is 0 Å². The molecule has 0 atom stereocenters. The predicted octanol–water partition coefficient (Wildman–Crippen LogP) is 1.74. The van der Waals surface area contributed by atoms with Gasteiger partial charge in [-0.2, -0.15) is 0 Å². The highest BCUT2D eigenvalue weighted by Crippen LogP contribution is 2.15. The summed E-state index contributed by atoms with van der Waals surface area (Å²) in [5.41, 5.74) is 1.20. The number of thiazole rings is 1. The Balaban J connectivity index is 2.01. The van der Waals surface area contributed by atoms with Gasteiger partial charge in [0.05, 0.1) is 0 Å². The first-order valence-corrected chi connectivity index (χ1v) is 6.49. The van der Waals surface area contributed by atoms with Gasteiger partial charge in [-0.3, -0.25) is 9.59 Å². The van der Waals surface area contributed by atoms with E-state index in [2.05, 4.69) is 15.5 Å². The second-order valence-electron chi connectivity index (χ2n) is 3.60. The van der Waals surface area contributed by atoms with Crippen LogP contribution >= 0.6 is 11.3 Å². The summed E-state index contributed by atoms with van der Waals surface area (Å²) in [6.45, 7) is 0.246. The summed E-state index contributed by atoms with van der Waals surface area (Å²) in [7, 11) is 0. The zero-order chi connectivity index (χ0) is 14.2. The number of hydrogen-bond acceptors (Lipinski definition) is 6. The number of benzene rings is 1. The topological polar surface area (TPSA) is 80.6 Å². The van der Waals surface area contributed by atoms with E-state index in [9.17, 15) is 9.59 Å². The highest BCUT2D eigenvalue weighted by molar-refractivity contribution is 7.14. The molecule has 101 valence electrons. The van der Waals surface area contributed by atoms with Gasteiger partial charge in [0.2, 0.25) is 6.41 Å². The van der Waals surface area contributed by atoms with Crippen LogP contribution in [0.25, 0.3) is 0 Å². The van der Waals surface area contributed by atoms with Crippen molar-refractivity contribution in [3.8, 4) is 0 Å². The van der Waals surface area contributed by atoms with Crippen LogP contribution in [-0.2, 0) is 21.0 Å². The molecule has 1 radical (unpaired) electrons.